The van der Waals surface area contributed by atoms with Crippen LogP contribution < -0.4 is 4.90 Å². The lowest BCUT2D eigenvalue weighted by molar-refractivity contribution is 1.28. The first-order valence-electron chi connectivity index (χ1n) is 20.9. The fraction of sp³-hybridized carbons (Fsp3) is 0. The molecule has 1 heteroatoms. The molecule has 288 valence electrons. The van der Waals surface area contributed by atoms with E-state index < -0.39 is 0 Å². The molecule has 0 radical (unpaired) electrons. The van der Waals surface area contributed by atoms with Crippen molar-refractivity contribution in [1.29, 1.82) is 0 Å². The first-order valence-corrected chi connectivity index (χ1v) is 20.9. The van der Waals surface area contributed by atoms with Crippen molar-refractivity contribution in [3.05, 3.63) is 261 Å². The summed E-state index contributed by atoms with van der Waals surface area (Å²) in [6.07, 6.45) is 0. The predicted molar refractivity (Wildman–Crippen MR) is 259 cm³/mol. The topological polar surface area (TPSA) is 3.24 Å². The van der Waals surface area contributed by atoms with E-state index in [0.717, 1.165) is 17.1 Å². The lowest BCUT2D eigenvalue weighted by atomic mass is 9.93. The standard InChI is InChI=1S/C60H43N/c1-5-15-44(16-6-1)48-25-27-50(28-26-48)51-33-37-56(38-34-51)61(58-42-54(46-19-9-3-10-20-46)41-55(43-58)47-21-11-4-12-22-47)57-39-35-53(36-40-57)60-24-14-13-23-59(60)52-31-29-49(30-32-52)45-17-7-2-8-18-45/h1-43H. The number of nitrogens with zero attached hydrogens (tertiary/aromatic N) is 1. The summed E-state index contributed by atoms with van der Waals surface area (Å²) >= 11 is 0. The van der Waals surface area contributed by atoms with Gasteiger partial charge in [-0.2, -0.15) is 0 Å². The third kappa shape index (κ3) is 8.06. The van der Waals surface area contributed by atoms with Crippen LogP contribution in [-0.2, 0) is 0 Å². The summed E-state index contributed by atoms with van der Waals surface area (Å²) in [7, 11) is 0. The quantitative estimate of drug-likeness (QED) is 0.134. The molecule has 0 fully saturated rings. The molecular weight excluding hydrogens is 735 g/mol. The minimum Gasteiger partial charge on any atom is -0.310 e. The number of rotatable bonds is 10. The van der Waals surface area contributed by atoms with Crippen LogP contribution in [0.5, 0.6) is 0 Å². The predicted octanol–water partition coefficient (Wildman–Crippen LogP) is 16.8. The van der Waals surface area contributed by atoms with E-state index in [-0.39, 0.29) is 0 Å². The van der Waals surface area contributed by atoms with Crippen molar-refractivity contribution < 1.29 is 0 Å². The minimum absolute atomic E-state index is 1.08. The molecule has 0 saturated carbocycles. The monoisotopic (exact) mass is 777 g/mol. The van der Waals surface area contributed by atoms with Crippen LogP contribution >= 0.6 is 0 Å². The molecule has 10 aromatic rings. The molecule has 0 bridgehead atoms. The maximum Gasteiger partial charge on any atom is 0.0473 e. The van der Waals surface area contributed by atoms with E-state index in [2.05, 4.69) is 266 Å². The summed E-state index contributed by atoms with van der Waals surface area (Å²) < 4.78 is 0. The van der Waals surface area contributed by atoms with E-state index in [1.54, 1.807) is 0 Å². The number of anilines is 3. The van der Waals surface area contributed by atoms with E-state index in [0.29, 0.717) is 0 Å². The Kier molecular flexibility index (Phi) is 10.4. The molecule has 0 atom stereocenters. The van der Waals surface area contributed by atoms with Crippen molar-refractivity contribution in [3.8, 4) is 77.9 Å². The summed E-state index contributed by atoms with van der Waals surface area (Å²) in [6, 6.07) is 94.0. The van der Waals surface area contributed by atoms with Crippen molar-refractivity contribution in [2.24, 2.45) is 0 Å². The highest BCUT2D eigenvalue weighted by Crippen LogP contribution is 2.42. The molecule has 0 unspecified atom stereocenters. The maximum atomic E-state index is 2.39. The highest BCUT2D eigenvalue weighted by molar-refractivity contribution is 5.88. The van der Waals surface area contributed by atoms with Crippen molar-refractivity contribution in [3.63, 3.8) is 0 Å². The zero-order valence-corrected chi connectivity index (χ0v) is 33.8. The SMILES string of the molecule is c1ccc(-c2ccc(-c3ccc(N(c4ccc(-c5ccccc5-c5ccc(-c6ccccc6)cc5)cc4)c4cc(-c5ccccc5)cc(-c5ccccc5)c4)cc3)cc2)cc1. The molecule has 10 rings (SSSR count). The van der Waals surface area contributed by atoms with E-state index in [1.165, 1.54) is 77.9 Å². The van der Waals surface area contributed by atoms with Gasteiger partial charge in [0.05, 0.1) is 0 Å². The van der Waals surface area contributed by atoms with E-state index >= 15 is 0 Å². The Balaban J connectivity index is 1.05. The highest BCUT2D eigenvalue weighted by Gasteiger charge is 2.17. The maximum absolute atomic E-state index is 2.39. The summed E-state index contributed by atoms with van der Waals surface area (Å²) in [5.41, 5.74) is 20.0. The van der Waals surface area contributed by atoms with E-state index in [4.69, 9.17) is 0 Å². The first kappa shape index (κ1) is 37.3. The number of hydrogen-bond acceptors (Lipinski definition) is 1. The fourth-order valence-corrected chi connectivity index (χ4v) is 8.32. The van der Waals surface area contributed by atoms with Crippen molar-refractivity contribution >= 4 is 17.1 Å². The normalized spacial score (nSPS) is 11.0. The molecule has 0 amide bonds. The van der Waals surface area contributed by atoms with Gasteiger partial charge in [-0.05, 0) is 120 Å². The van der Waals surface area contributed by atoms with E-state index in [1.807, 2.05) is 0 Å². The van der Waals surface area contributed by atoms with E-state index in [9.17, 15) is 0 Å². The van der Waals surface area contributed by atoms with Gasteiger partial charge in [-0.15, -0.1) is 0 Å². The Morgan fingerprint density at radius 2 is 0.410 bits per heavy atom. The Morgan fingerprint density at radius 3 is 0.754 bits per heavy atom. The van der Waals surface area contributed by atoms with Crippen LogP contribution in [0.25, 0.3) is 77.9 Å². The van der Waals surface area contributed by atoms with Gasteiger partial charge >= 0.3 is 0 Å². The molecule has 61 heavy (non-hydrogen) atoms. The third-order valence-corrected chi connectivity index (χ3v) is 11.5. The Morgan fingerprint density at radius 1 is 0.164 bits per heavy atom. The molecule has 0 saturated heterocycles. The molecular formula is C60H43N. The molecule has 10 aromatic carbocycles. The lowest BCUT2D eigenvalue weighted by Crippen LogP contribution is -2.10. The highest BCUT2D eigenvalue weighted by atomic mass is 15.1. The van der Waals surface area contributed by atoms with Gasteiger partial charge in [-0.25, -0.2) is 0 Å². The minimum atomic E-state index is 1.08. The fourth-order valence-electron chi connectivity index (χ4n) is 8.32. The van der Waals surface area contributed by atoms with Crippen LogP contribution in [0.2, 0.25) is 0 Å². The average molecular weight is 778 g/mol. The van der Waals surface area contributed by atoms with Crippen molar-refractivity contribution in [2.75, 3.05) is 4.90 Å². The largest absolute Gasteiger partial charge is 0.310 e. The van der Waals surface area contributed by atoms with Gasteiger partial charge in [0.25, 0.3) is 0 Å². The van der Waals surface area contributed by atoms with Gasteiger partial charge in [0.2, 0.25) is 0 Å². The van der Waals surface area contributed by atoms with Crippen molar-refractivity contribution in [2.45, 2.75) is 0 Å². The second kappa shape index (κ2) is 17.1. The summed E-state index contributed by atoms with van der Waals surface area (Å²) in [6.45, 7) is 0. The van der Waals surface area contributed by atoms with Gasteiger partial charge < -0.3 is 4.90 Å². The molecule has 0 spiro atoms. The Labute approximate surface area is 359 Å². The van der Waals surface area contributed by atoms with Crippen LogP contribution in [0.4, 0.5) is 17.1 Å². The van der Waals surface area contributed by atoms with Crippen LogP contribution in [0.3, 0.4) is 0 Å². The van der Waals surface area contributed by atoms with Crippen LogP contribution in [-0.4, -0.2) is 0 Å². The van der Waals surface area contributed by atoms with Gasteiger partial charge in [-0.3, -0.25) is 0 Å². The van der Waals surface area contributed by atoms with Gasteiger partial charge in [0.1, 0.15) is 0 Å². The lowest BCUT2D eigenvalue weighted by Gasteiger charge is -2.27. The average Bonchev–Trinajstić information content (AvgIpc) is 3.36. The molecule has 0 aliphatic heterocycles. The molecule has 0 aliphatic rings. The summed E-state index contributed by atoms with van der Waals surface area (Å²) in [4.78, 5) is 2.39. The molecule has 0 aromatic heterocycles. The third-order valence-electron chi connectivity index (χ3n) is 11.5. The molecule has 0 N–H and O–H groups in total. The van der Waals surface area contributed by atoms with Crippen molar-refractivity contribution in [1.82, 2.24) is 0 Å². The Hall–Kier alpha value is -8.00. The molecule has 1 nitrogen and oxygen atoms in total. The van der Waals surface area contributed by atoms with Crippen LogP contribution in [0.15, 0.2) is 261 Å². The summed E-state index contributed by atoms with van der Waals surface area (Å²) in [5, 5.41) is 0. The first-order chi connectivity index (χ1) is 30.2. The zero-order valence-electron chi connectivity index (χ0n) is 33.8. The van der Waals surface area contributed by atoms with Crippen LogP contribution in [0, 0.1) is 0 Å². The number of benzene rings is 10. The Bertz CT molecular complexity index is 2940. The second-order valence-corrected chi connectivity index (χ2v) is 15.4. The van der Waals surface area contributed by atoms with Gasteiger partial charge in [0.15, 0.2) is 0 Å². The van der Waals surface area contributed by atoms with Gasteiger partial charge in [0, 0.05) is 17.1 Å². The molecule has 0 aliphatic carbocycles. The second-order valence-electron chi connectivity index (χ2n) is 15.4. The zero-order chi connectivity index (χ0) is 40.8. The smallest absolute Gasteiger partial charge is 0.0473 e. The van der Waals surface area contributed by atoms with Gasteiger partial charge in [-0.1, -0.05) is 218 Å². The molecule has 0 heterocycles. The summed E-state index contributed by atoms with van der Waals surface area (Å²) in [5.74, 6) is 0. The number of hydrogen-bond donors (Lipinski definition) is 0. The van der Waals surface area contributed by atoms with Crippen LogP contribution in [0.1, 0.15) is 0 Å².